The van der Waals surface area contributed by atoms with Gasteiger partial charge >= 0.3 is 6.98 Å². The lowest BCUT2D eigenvalue weighted by atomic mass is 9.80. The lowest BCUT2D eigenvalue weighted by Crippen LogP contribution is -2.29. The molecule has 0 saturated carbocycles. The molecule has 0 unspecified atom stereocenters. The van der Waals surface area contributed by atoms with Crippen molar-refractivity contribution in [3.05, 3.63) is 33.4 Å². The van der Waals surface area contributed by atoms with E-state index in [-0.39, 0.29) is 6.54 Å². The van der Waals surface area contributed by atoms with Crippen LogP contribution >= 0.6 is 22.9 Å². The molecule has 16 heavy (non-hydrogen) atoms. The zero-order chi connectivity index (χ0) is 12.3. The summed E-state index contributed by atoms with van der Waals surface area (Å²) in [5, 5.41) is 0. The van der Waals surface area contributed by atoms with E-state index in [1.54, 1.807) is 18.0 Å². The van der Waals surface area contributed by atoms with Crippen molar-refractivity contribution in [2.24, 2.45) is 0 Å². The second-order valence-electron chi connectivity index (χ2n) is 3.61. The quantitative estimate of drug-likeness (QED) is 0.735. The molecule has 0 saturated heterocycles. The predicted molar refractivity (Wildman–Crippen MR) is 63.9 cm³/mol. The van der Waals surface area contributed by atoms with Crippen LogP contribution < -0.4 is 0 Å². The molecule has 1 aromatic heterocycles. The number of nitrogens with zero attached hydrogens (tertiary/aromatic N) is 1. The molecule has 0 bridgehead atoms. The maximum absolute atomic E-state index is 12.3. The van der Waals surface area contributed by atoms with E-state index in [1.165, 1.54) is 11.3 Å². The first-order chi connectivity index (χ1) is 7.29. The summed E-state index contributed by atoms with van der Waals surface area (Å²) in [5.41, 5.74) is -0.676. The molecule has 0 aliphatic rings. The van der Waals surface area contributed by atoms with Crippen LogP contribution in [-0.4, -0.2) is 25.5 Å². The molecular formula is C9H11BClF3NS-. The van der Waals surface area contributed by atoms with E-state index < -0.39 is 12.4 Å². The highest BCUT2D eigenvalue weighted by atomic mass is 35.5. The standard InChI is InChI=1S/C9H11BClF3NS/c1-7(10(12,13)14)5-15(2)6-8-3-4-9(11)16-8/h3-4H,1,5-6H2,2H3/q-1. The zero-order valence-electron chi connectivity index (χ0n) is 8.72. The lowest BCUT2D eigenvalue weighted by Gasteiger charge is -2.23. The van der Waals surface area contributed by atoms with Crippen LogP contribution in [0.25, 0.3) is 0 Å². The van der Waals surface area contributed by atoms with Gasteiger partial charge in [0.05, 0.1) is 4.34 Å². The van der Waals surface area contributed by atoms with Crippen LogP contribution in [0.4, 0.5) is 12.9 Å². The molecule has 0 N–H and O–H groups in total. The average Bonchev–Trinajstić information content (AvgIpc) is 2.49. The first kappa shape index (κ1) is 13.6. The Hall–Kier alpha value is -0.455. The molecule has 1 rings (SSSR count). The van der Waals surface area contributed by atoms with E-state index in [0.29, 0.717) is 10.9 Å². The van der Waals surface area contributed by atoms with E-state index in [0.717, 1.165) is 4.88 Å². The molecule has 0 aliphatic carbocycles. The number of likely N-dealkylation sites (N-methyl/N-ethyl adjacent to an activating group) is 1. The van der Waals surface area contributed by atoms with Gasteiger partial charge in [-0.05, 0) is 25.7 Å². The van der Waals surface area contributed by atoms with E-state index in [2.05, 4.69) is 6.58 Å². The number of thiophene rings is 1. The molecular weight excluding hydrogens is 257 g/mol. The van der Waals surface area contributed by atoms with E-state index in [4.69, 9.17) is 11.6 Å². The fourth-order valence-electron chi connectivity index (χ4n) is 1.21. The summed E-state index contributed by atoms with van der Waals surface area (Å²) in [6.45, 7) is -1.61. The Balaban J connectivity index is 2.48. The highest BCUT2D eigenvalue weighted by molar-refractivity contribution is 7.16. The monoisotopic (exact) mass is 268 g/mol. The van der Waals surface area contributed by atoms with Crippen molar-refractivity contribution in [2.75, 3.05) is 13.6 Å². The van der Waals surface area contributed by atoms with Crippen molar-refractivity contribution in [1.82, 2.24) is 4.90 Å². The normalized spacial score (nSPS) is 12.1. The lowest BCUT2D eigenvalue weighted by molar-refractivity contribution is 0.353. The first-order valence-corrected chi connectivity index (χ1v) is 5.79. The van der Waals surface area contributed by atoms with Gasteiger partial charge in [-0.2, -0.15) is 0 Å². The fourth-order valence-corrected chi connectivity index (χ4v) is 2.38. The Labute approximate surface area is 102 Å². The van der Waals surface area contributed by atoms with Gasteiger partial charge in [-0.25, -0.2) is 0 Å². The number of rotatable bonds is 5. The van der Waals surface area contributed by atoms with Gasteiger partial charge in [0.15, 0.2) is 0 Å². The molecule has 1 aromatic rings. The van der Waals surface area contributed by atoms with Gasteiger partial charge in [0.25, 0.3) is 0 Å². The Morgan fingerprint density at radius 2 is 2.12 bits per heavy atom. The average molecular weight is 269 g/mol. The summed E-state index contributed by atoms with van der Waals surface area (Å²) < 4.78 is 37.5. The molecule has 0 aromatic carbocycles. The molecule has 0 spiro atoms. The van der Waals surface area contributed by atoms with Crippen LogP contribution in [0, 0.1) is 0 Å². The van der Waals surface area contributed by atoms with Crippen molar-refractivity contribution in [1.29, 1.82) is 0 Å². The van der Waals surface area contributed by atoms with Crippen molar-refractivity contribution >= 4 is 29.9 Å². The Bertz CT molecular complexity index is 377. The largest absolute Gasteiger partial charge is 0.506 e. The smallest absolute Gasteiger partial charge is 0.445 e. The summed E-state index contributed by atoms with van der Waals surface area (Å²) in [4.78, 5) is 2.51. The summed E-state index contributed by atoms with van der Waals surface area (Å²) in [6.07, 6.45) is 0. The highest BCUT2D eigenvalue weighted by Crippen LogP contribution is 2.23. The van der Waals surface area contributed by atoms with Gasteiger partial charge in [-0.15, -0.1) is 23.4 Å². The third-order valence-corrected chi connectivity index (χ3v) is 3.21. The maximum Gasteiger partial charge on any atom is 0.506 e. The van der Waals surface area contributed by atoms with Crippen molar-refractivity contribution in [2.45, 2.75) is 6.54 Å². The van der Waals surface area contributed by atoms with Crippen LogP contribution in [0.1, 0.15) is 4.88 Å². The summed E-state index contributed by atoms with van der Waals surface area (Å²) in [7, 11) is 1.63. The topological polar surface area (TPSA) is 3.24 Å². The molecule has 0 amide bonds. The van der Waals surface area contributed by atoms with Crippen molar-refractivity contribution < 1.29 is 12.9 Å². The second-order valence-corrected chi connectivity index (χ2v) is 5.41. The summed E-state index contributed by atoms with van der Waals surface area (Å²) in [6, 6.07) is 3.54. The number of hydrogen-bond donors (Lipinski definition) is 0. The van der Waals surface area contributed by atoms with Crippen LogP contribution in [0.2, 0.25) is 4.34 Å². The van der Waals surface area contributed by atoms with Gasteiger partial charge in [0.2, 0.25) is 0 Å². The van der Waals surface area contributed by atoms with Crippen LogP contribution in [0.15, 0.2) is 24.2 Å². The zero-order valence-corrected chi connectivity index (χ0v) is 10.3. The Kier molecular flexibility index (Phi) is 4.47. The van der Waals surface area contributed by atoms with E-state index >= 15 is 0 Å². The number of hydrogen-bond acceptors (Lipinski definition) is 2. The molecule has 0 fully saturated rings. The van der Waals surface area contributed by atoms with Gasteiger partial charge < -0.3 is 17.8 Å². The molecule has 0 radical (unpaired) electrons. The van der Waals surface area contributed by atoms with E-state index in [9.17, 15) is 12.9 Å². The van der Waals surface area contributed by atoms with Gasteiger partial charge in [-0.3, -0.25) is 0 Å². The van der Waals surface area contributed by atoms with Crippen molar-refractivity contribution in [3.8, 4) is 0 Å². The van der Waals surface area contributed by atoms with Crippen LogP contribution in [-0.2, 0) is 6.54 Å². The minimum atomic E-state index is -4.94. The third kappa shape index (κ3) is 4.19. The predicted octanol–water partition coefficient (Wildman–Crippen LogP) is 3.78. The summed E-state index contributed by atoms with van der Waals surface area (Å²) >= 11 is 7.10. The second kappa shape index (κ2) is 5.25. The SMILES string of the molecule is C=C(CN(C)Cc1ccc(Cl)s1)[B-](F)(F)F. The first-order valence-electron chi connectivity index (χ1n) is 4.59. The van der Waals surface area contributed by atoms with Gasteiger partial charge in [-0.1, -0.05) is 11.6 Å². The molecule has 90 valence electrons. The van der Waals surface area contributed by atoms with E-state index in [1.807, 2.05) is 6.07 Å². The molecule has 1 nitrogen and oxygen atoms in total. The van der Waals surface area contributed by atoms with Crippen LogP contribution in [0.5, 0.6) is 0 Å². The van der Waals surface area contributed by atoms with Crippen LogP contribution in [0.3, 0.4) is 0 Å². The highest BCUT2D eigenvalue weighted by Gasteiger charge is 2.27. The minimum absolute atomic E-state index is 0.168. The maximum atomic E-state index is 12.3. The molecule has 7 heteroatoms. The fraction of sp³-hybridized carbons (Fsp3) is 0.333. The number of halogens is 4. The van der Waals surface area contributed by atoms with Gasteiger partial charge in [0.1, 0.15) is 0 Å². The summed E-state index contributed by atoms with van der Waals surface area (Å²) in [5.74, 6) is 0. The molecule has 0 aliphatic heterocycles. The molecule has 1 heterocycles. The third-order valence-electron chi connectivity index (χ3n) is 1.99. The Morgan fingerprint density at radius 1 is 1.50 bits per heavy atom. The molecule has 0 atom stereocenters. The van der Waals surface area contributed by atoms with Gasteiger partial charge in [0, 0.05) is 11.4 Å². The minimum Gasteiger partial charge on any atom is -0.445 e. The Morgan fingerprint density at radius 3 is 2.56 bits per heavy atom. The van der Waals surface area contributed by atoms with Crippen molar-refractivity contribution in [3.63, 3.8) is 0 Å².